The zero-order valence-corrected chi connectivity index (χ0v) is 15.3. The standard InChI is InChI=1S/C19H25N5O2/c1-12(2)19-20-8-7-17(22-19)21-15-10-26-11-16(15)24-18(25)9-13-5-3-4-6-14(13)23-24/h7-9,12,15-16H,3-6,10-11H2,1-2H3,(H,20,21,22). The first kappa shape index (κ1) is 17.1. The van der Waals surface area contributed by atoms with Crippen LogP contribution in [0.3, 0.4) is 0 Å². The van der Waals surface area contributed by atoms with E-state index in [2.05, 4.69) is 34.2 Å². The third kappa shape index (κ3) is 3.35. The number of rotatable bonds is 4. The summed E-state index contributed by atoms with van der Waals surface area (Å²) in [4.78, 5) is 21.5. The summed E-state index contributed by atoms with van der Waals surface area (Å²) in [5.41, 5.74) is 2.13. The molecule has 1 fully saturated rings. The Labute approximate surface area is 152 Å². The summed E-state index contributed by atoms with van der Waals surface area (Å²) < 4.78 is 7.28. The Kier molecular flexibility index (Phi) is 4.72. The van der Waals surface area contributed by atoms with Crippen molar-refractivity contribution in [2.45, 2.75) is 57.5 Å². The number of hydrogen-bond acceptors (Lipinski definition) is 6. The largest absolute Gasteiger partial charge is 0.377 e. The van der Waals surface area contributed by atoms with Gasteiger partial charge in [0.1, 0.15) is 17.7 Å². The van der Waals surface area contributed by atoms with E-state index in [0.29, 0.717) is 13.2 Å². The average molecular weight is 355 g/mol. The van der Waals surface area contributed by atoms with Crippen LogP contribution in [-0.4, -0.2) is 39.0 Å². The Morgan fingerprint density at radius 2 is 2.12 bits per heavy atom. The maximum atomic E-state index is 12.6. The molecule has 26 heavy (non-hydrogen) atoms. The first-order valence-electron chi connectivity index (χ1n) is 9.40. The van der Waals surface area contributed by atoms with Crippen molar-refractivity contribution in [1.82, 2.24) is 19.7 Å². The summed E-state index contributed by atoms with van der Waals surface area (Å²) in [6, 6.07) is 3.44. The second-order valence-electron chi connectivity index (χ2n) is 7.42. The van der Waals surface area contributed by atoms with Crippen LogP contribution in [0.1, 0.15) is 55.7 Å². The van der Waals surface area contributed by atoms with Gasteiger partial charge in [-0.1, -0.05) is 13.8 Å². The quantitative estimate of drug-likeness (QED) is 0.904. The van der Waals surface area contributed by atoms with Gasteiger partial charge < -0.3 is 10.1 Å². The fourth-order valence-electron chi connectivity index (χ4n) is 3.66. The van der Waals surface area contributed by atoms with E-state index in [-0.39, 0.29) is 23.6 Å². The topological polar surface area (TPSA) is 81.9 Å². The van der Waals surface area contributed by atoms with Crippen LogP contribution in [0.5, 0.6) is 0 Å². The highest BCUT2D eigenvalue weighted by atomic mass is 16.5. The molecule has 0 aromatic carbocycles. The van der Waals surface area contributed by atoms with Crippen molar-refractivity contribution in [2.24, 2.45) is 0 Å². The van der Waals surface area contributed by atoms with Crippen LogP contribution >= 0.6 is 0 Å². The Morgan fingerprint density at radius 1 is 1.27 bits per heavy atom. The second-order valence-corrected chi connectivity index (χ2v) is 7.42. The molecule has 7 nitrogen and oxygen atoms in total. The summed E-state index contributed by atoms with van der Waals surface area (Å²) in [6.07, 6.45) is 5.95. The molecule has 0 radical (unpaired) electrons. The van der Waals surface area contributed by atoms with E-state index in [1.165, 1.54) is 0 Å². The van der Waals surface area contributed by atoms with E-state index in [4.69, 9.17) is 4.74 Å². The molecule has 1 aliphatic heterocycles. The van der Waals surface area contributed by atoms with Crippen LogP contribution in [0.2, 0.25) is 0 Å². The lowest BCUT2D eigenvalue weighted by molar-refractivity contribution is 0.182. The molecule has 2 atom stereocenters. The summed E-state index contributed by atoms with van der Waals surface area (Å²) in [6.45, 7) is 5.14. The molecule has 7 heteroatoms. The van der Waals surface area contributed by atoms with Gasteiger partial charge in [0.05, 0.1) is 24.9 Å². The van der Waals surface area contributed by atoms with E-state index in [1.54, 1.807) is 16.9 Å². The van der Waals surface area contributed by atoms with Crippen LogP contribution < -0.4 is 10.9 Å². The minimum atomic E-state index is -0.132. The van der Waals surface area contributed by atoms with E-state index >= 15 is 0 Å². The van der Waals surface area contributed by atoms with Gasteiger partial charge in [0.25, 0.3) is 5.56 Å². The van der Waals surface area contributed by atoms with Gasteiger partial charge in [-0.3, -0.25) is 4.79 Å². The van der Waals surface area contributed by atoms with Crippen molar-refractivity contribution >= 4 is 5.82 Å². The Morgan fingerprint density at radius 3 is 2.96 bits per heavy atom. The molecule has 4 rings (SSSR count). The maximum Gasteiger partial charge on any atom is 0.267 e. The van der Waals surface area contributed by atoms with Crippen molar-refractivity contribution in [3.05, 3.63) is 45.8 Å². The SMILES string of the molecule is CC(C)c1nccc(NC2COCC2n2nc3c(cc2=O)CCCC3)n1. The van der Waals surface area contributed by atoms with E-state index < -0.39 is 0 Å². The number of anilines is 1. The highest BCUT2D eigenvalue weighted by molar-refractivity contribution is 5.35. The third-order valence-electron chi connectivity index (χ3n) is 5.12. The smallest absolute Gasteiger partial charge is 0.267 e. The van der Waals surface area contributed by atoms with Crippen LogP contribution in [-0.2, 0) is 17.6 Å². The number of ether oxygens (including phenoxy) is 1. The molecular formula is C19H25N5O2. The zero-order valence-electron chi connectivity index (χ0n) is 15.3. The van der Waals surface area contributed by atoms with Crippen molar-refractivity contribution in [3.63, 3.8) is 0 Å². The van der Waals surface area contributed by atoms with Crippen molar-refractivity contribution in [3.8, 4) is 0 Å². The molecule has 1 saturated heterocycles. The summed E-state index contributed by atoms with van der Waals surface area (Å²) >= 11 is 0. The van der Waals surface area contributed by atoms with Gasteiger partial charge >= 0.3 is 0 Å². The first-order chi connectivity index (χ1) is 12.6. The molecule has 0 amide bonds. The fraction of sp³-hybridized carbons (Fsp3) is 0.579. The number of nitrogens with zero attached hydrogens (tertiary/aromatic N) is 4. The van der Waals surface area contributed by atoms with Gasteiger partial charge in [-0.2, -0.15) is 5.10 Å². The number of aromatic nitrogens is 4. The van der Waals surface area contributed by atoms with Crippen LogP contribution in [0.15, 0.2) is 23.1 Å². The third-order valence-corrected chi connectivity index (χ3v) is 5.12. The lowest BCUT2D eigenvalue weighted by Crippen LogP contribution is -2.38. The lowest BCUT2D eigenvalue weighted by Gasteiger charge is -2.23. The maximum absolute atomic E-state index is 12.6. The van der Waals surface area contributed by atoms with Crippen LogP contribution in [0.25, 0.3) is 0 Å². The molecule has 3 heterocycles. The molecule has 0 spiro atoms. The number of fused-ring (bicyclic) bond motifs is 1. The van der Waals surface area contributed by atoms with Gasteiger partial charge in [-0.15, -0.1) is 0 Å². The fourth-order valence-corrected chi connectivity index (χ4v) is 3.66. The van der Waals surface area contributed by atoms with Crippen molar-refractivity contribution < 1.29 is 4.74 Å². The molecule has 1 aliphatic carbocycles. The molecule has 138 valence electrons. The van der Waals surface area contributed by atoms with Gasteiger partial charge in [0.15, 0.2) is 0 Å². The van der Waals surface area contributed by atoms with Crippen molar-refractivity contribution in [2.75, 3.05) is 18.5 Å². The van der Waals surface area contributed by atoms with Gasteiger partial charge in [0, 0.05) is 18.2 Å². The number of aryl methyl sites for hydroxylation is 2. The second kappa shape index (κ2) is 7.15. The molecule has 2 aromatic heterocycles. The van der Waals surface area contributed by atoms with E-state index in [0.717, 1.165) is 48.6 Å². The Balaban J connectivity index is 1.59. The monoisotopic (exact) mass is 355 g/mol. The van der Waals surface area contributed by atoms with Crippen LogP contribution in [0.4, 0.5) is 5.82 Å². The van der Waals surface area contributed by atoms with Gasteiger partial charge in [-0.05, 0) is 37.3 Å². The van der Waals surface area contributed by atoms with E-state index in [1.807, 2.05) is 6.07 Å². The first-order valence-corrected chi connectivity index (χ1v) is 9.40. The minimum absolute atomic E-state index is 0.0430. The Hall–Kier alpha value is -2.28. The number of hydrogen-bond donors (Lipinski definition) is 1. The summed E-state index contributed by atoms with van der Waals surface area (Å²) in [7, 11) is 0. The van der Waals surface area contributed by atoms with Crippen LogP contribution in [0, 0.1) is 0 Å². The molecule has 2 aromatic rings. The Bertz CT molecular complexity index is 848. The van der Waals surface area contributed by atoms with E-state index in [9.17, 15) is 4.79 Å². The van der Waals surface area contributed by atoms with Gasteiger partial charge in [-0.25, -0.2) is 14.6 Å². The molecule has 0 bridgehead atoms. The van der Waals surface area contributed by atoms with Gasteiger partial charge in [0.2, 0.25) is 0 Å². The van der Waals surface area contributed by atoms with Crippen molar-refractivity contribution in [1.29, 1.82) is 0 Å². The zero-order chi connectivity index (χ0) is 18.1. The predicted octanol–water partition coefficient (Wildman–Crippen LogP) is 2.09. The normalized spacial score (nSPS) is 22.4. The predicted molar refractivity (Wildman–Crippen MR) is 98.5 cm³/mol. The highest BCUT2D eigenvalue weighted by Gasteiger charge is 2.32. The molecule has 2 unspecified atom stereocenters. The molecule has 1 N–H and O–H groups in total. The average Bonchev–Trinajstić information content (AvgIpc) is 3.09. The summed E-state index contributed by atoms with van der Waals surface area (Å²) in [5.74, 6) is 1.82. The molecule has 0 saturated carbocycles. The molecular weight excluding hydrogens is 330 g/mol. The molecule has 2 aliphatic rings. The minimum Gasteiger partial charge on any atom is -0.377 e. The lowest BCUT2D eigenvalue weighted by atomic mass is 9.97. The number of nitrogens with one attached hydrogen (secondary N) is 1. The highest BCUT2D eigenvalue weighted by Crippen LogP contribution is 2.23. The summed E-state index contributed by atoms with van der Waals surface area (Å²) in [5, 5.41) is 8.10.